The molecule has 0 fully saturated rings. The Labute approximate surface area is 127 Å². The van der Waals surface area contributed by atoms with Gasteiger partial charge in [0.1, 0.15) is 0 Å². The minimum Gasteiger partial charge on any atom is -0.370 e. The molecule has 1 heteroatoms. The zero-order valence-corrected chi connectivity index (χ0v) is 13.0. The maximum absolute atomic E-state index is 2.29. The van der Waals surface area contributed by atoms with E-state index in [9.17, 15) is 0 Å². The summed E-state index contributed by atoms with van der Waals surface area (Å²) in [5.41, 5.74) is 6.69. The molecule has 0 unspecified atom stereocenters. The molecule has 0 radical (unpaired) electrons. The second-order valence-corrected chi connectivity index (χ2v) is 5.86. The first-order valence-electron chi connectivity index (χ1n) is 7.89. The maximum atomic E-state index is 2.29. The maximum Gasteiger partial charge on any atom is 0.0440 e. The van der Waals surface area contributed by atoms with Gasteiger partial charge in [-0.25, -0.2) is 0 Å². The number of aryl methyl sites for hydroxylation is 1. The van der Waals surface area contributed by atoms with E-state index in [0.717, 1.165) is 6.54 Å². The molecule has 0 saturated heterocycles. The van der Waals surface area contributed by atoms with Crippen LogP contribution < -0.4 is 4.90 Å². The van der Waals surface area contributed by atoms with Crippen LogP contribution in [0.5, 0.6) is 0 Å². The summed E-state index contributed by atoms with van der Waals surface area (Å²) >= 11 is 0. The number of nitrogens with zero attached hydrogens (tertiary/aromatic N) is 1. The highest BCUT2D eigenvalue weighted by atomic mass is 15.1. The number of fused-ring (bicyclic) bond motifs is 1. The molecule has 0 amide bonds. The zero-order valence-electron chi connectivity index (χ0n) is 13.0. The first kappa shape index (κ1) is 13.9. The fourth-order valence-corrected chi connectivity index (χ4v) is 2.90. The highest BCUT2D eigenvalue weighted by molar-refractivity contribution is 5.77. The van der Waals surface area contributed by atoms with Crippen LogP contribution >= 0.6 is 0 Å². The minimum absolute atomic E-state index is 0.998. The van der Waals surface area contributed by atoms with Crippen LogP contribution in [-0.4, -0.2) is 13.6 Å². The van der Waals surface area contributed by atoms with Crippen molar-refractivity contribution in [2.45, 2.75) is 26.2 Å². The molecule has 0 aromatic heterocycles. The van der Waals surface area contributed by atoms with Crippen molar-refractivity contribution in [3.8, 4) is 11.1 Å². The Morgan fingerprint density at radius 2 is 1.76 bits per heavy atom. The fraction of sp³-hybridized carbons (Fsp3) is 0.300. The van der Waals surface area contributed by atoms with Crippen LogP contribution in [0.25, 0.3) is 17.2 Å². The SMILES string of the molecule is CCCCc1ccc(-c2ccc3c(c2)C=CCN3C)cc1. The van der Waals surface area contributed by atoms with Gasteiger partial charge >= 0.3 is 0 Å². The van der Waals surface area contributed by atoms with Crippen molar-refractivity contribution in [1.29, 1.82) is 0 Å². The lowest BCUT2D eigenvalue weighted by Gasteiger charge is -2.24. The second-order valence-electron chi connectivity index (χ2n) is 5.86. The molecule has 108 valence electrons. The molecular formula is C20H23N. The van der Waals surface area contributed by atoms with Crippen LogP contribution in [0.15, 0.2) is 48.5 Å². The summed E-state index contributed by atoms with van der Waals surface area (Å²) in [4.78, 5) is 2.28. The molecule has 0 bridgehead atoms. The van der Waals surface area contributed by atoms with Crippen molar-refractivity contribution in [1.82, 2.24) is 0 Å². The number of anilines is 1. The second kappa shape index (κ2) is 6.17. The van der Waals surface area contributed by atoms with Crippen LogP contribution in [-0.2, 0) is 6.42 Å². The molecule has 1 nitrogen and oxygen atoms in total. The topological polar surface area (TPSA) is 3.24 Å². The van der Waals surface area contributed by atoms with Crippen molar-refractivity contribution >= 4 is 11.8 Å². The summed E-state index contributed by atoms with van der Waals surface area (Å²) in [6.45, 7) is 3.24. The molecule has 0 N–H and O–H groups in total. The Morgan fingerprint density at radius 1 is 1.00 bits per heavy atom. The van der Waals surface area contributed by atoms with E-state index >= 15 is 0 Å². The zero-order chi connectivity index (χ0) is 14.7. The smallest absolute Gasteiger partial charge is 0.0440 e. The van der Waals surface area contributed by atoms with E-state index in [1.807, 2.05) is 0 Å². The summed E-state index contributed by atoms with van der Waals surface area (Å²) in [7, 11) is 2.14. The number of likely N-dealkylation sites (N-methyl/N-ethyl adjacent to an activating group) is 1. The standard InChI is InChI=1S/C20H23N/c1-3-4-6-16-8-10-17(11-9-16)18-12-13-20-19(15-18)7-5-14-21(20)2/h5,7-13,15H,3-4,6,14H2,1-2H3. The molecule has 0 aliphatic carbocycles. The lowest BCUT2D eigenvalue weighted by Crippen LogP contribution is -2.20. The number of benzene rings is 2. The van der Waals surface area contributed by atoms with E-state index in [1.165, 1.54) is 47.2 Å². The average Bonchev–Trinajstić information content (AvgIpc) is 2.53. The summed E-state index contributed by atoms with van der Waals surface area (Å²) in [6, 6.07) is 15.8. The normalized spacial score (nSPS) is 13.3. The van der Waals surface area contributed by atoms with E-state index < -0.39 is 0 Å². The Hall–Kier alpha value is -2.02. The third-order valence-corrected chi connectivity index (χ3v) is 4.22. The number of hydrogen-bond donors (Lipinski definition) is 0. The molecule has 21 heavy (non-hydrogen) atoms. The van der Waals surface area contributed by atoms with Gasteiger partial charge in [0.05, 0.1) is 0 Å². The predicted molar refractivity (Wildman–Crippen MR) is 92.8 cm³/mol. The van der Waals surface area contributed by atoms with Crippen LogP contribution in [0.4, 0.5) is 5.69 Å². The molecule has 2 aromatic carbocycles. The first-order valence-corrected chi connectivity index (χ1v) is 7.89. The predicted octanol–water partition coefficient (Wildman–Crippen LogP) is 5.16. The third kappa shape index (κ3) is 3.02. The highest BCUT2D eigenvalue weighted by Crippen LogP contribution is 2.30. The molecule has 1 aliphatic rings. The van der Waals surface area contributed by atoms with E-state index in [-0.39, 0.29) is 0 Å². The molecule has 0 atom stereocenters. The van der Waals surface area contributed by atoms with Crippen LogP contribution in [0.3, 0.4) is 0 Å². The highest BCUT2D eigenvalue weighted by Gasteiger charge is 2.10. The molecule has 1 heterocycles. The van der Waals surface area contributed by atoms with E-state index in [2.05, 4.69) is 73.5 Å². The van der Waals surface area contributed by atoms with Crippen molar-refractivity contribution in [3.05, 3.63) is 59.7 Å². The van der Waals surface area contributed by atoms with Crippen molar-refractivity contribution in [2.75, 3.05) is 18.5 Å². The Bertz CT molecular complexity index is 637. The molecular weight excluding hydrogens is 254 g/mol. The quantitative estimate of drug-likeness (QED) is 0.746. The van der Waals surface area contributed by atoms with Gasteiger partial charge in [-0.2, -0.15) is 0 Å². The molecule has 2 aromatic rings. The van der Waals surface area contributed by atoms with Gasteiger partial charge in [0.2, 0.25) is 0 Å². The summed E-state index contributed by atoms with van der Waals surface area (Å²) < 4.78 is 0. The first-order chi connectivity index (χ1) is 10.3. The van der Waals surface area contributed by atoms with Gasteiger partial charge in [-0.15, -0.1) is 0 Å². The number of hydrogen-bond acceptors (Lipinski definition) is 1. The van der Waals surface area contributed by atoms with Gasteiger partial charge in [0, 0.05) is 19.3 Å². The number of rotatable bonds is 4. The average molecular weight is 277 g/mol. The summed E-state index contributed by atoms with van der Waals surface area (Å²) in [5.74, 6) is 0. The van der Waals surface area contributed by atoms with Gasteiger partial charge in [-0.3, -0.25) is 0 Å². The molecule has 0 spiro atoms. The minimum atomic E-state index is 0.998. The van der Waals surface area contributed by atoms with Crippen molar-refractivity contribution in [3.63, 3.8) is 0 Å². The van der Waals surface area contributed by atoms with Crippen LogP contribution in [0.2, 0.25) is 0 Å². The van der Waals surface area contributed by atoms with Crippen LogP contribution in [0, 0.1) is 0 Å². The lowest BCUT2D eigenvalue weighted by atomic mass is 9.98. The van der Waals surface area contributed by atoms with Crippen LogP contribution in [0.1, 0.15) is 30.9 Å². The largest absolute Gasteiger partial charge is 0.370 e. The molecule has 3 rings (SSSR count). The van der Waals surface area contributed by atoms with Gasteiger partial charge in [-0.1, -0.05) is 55.8 Å². The van der Waals surface area contributed by atoms with Gasteiger partial charge < -0.3 is 4.90 Å². The fourth-order valence-electron chi connectivity index (χ4n) is 2.90. The Kier molecular flexibility index (Phi) is 4.10. The Balaban J connectivity index is 1.86. The molecule has 1 aliphatic heterocycles. The lowest BCUT2D eigenvalue weighted by molar-refractivity contribution is 0.795. The summed E-state index contributed by atoms with van der Waals surface area (Å²) in [5, 5.41) is 0. The van der Waals surface area contributed by atoms with E-state index in [4.69, 9.17) is 0 Å². The van der Waals surface area contributed by atoms with E-state index in [0.29, 0.717) is 0 Å². The van der Waals surface area contributed by atoms with Gasteiger partial charge in [0.25, 0.3) is 0 Å². The van der Waals surface area contributed by atoms with Gasteiger partial charge in [0.15, 0.2) is 0 Å². The van der Waals surface area contributed by atoms with Crippen molar-refractivity contribution in [2.24, 2.45) is 0 Å². The molecule has 0 saturated carbocycles. The number of unbranched alkanes of at least 4 members (excludes halogenated alkanes) is 1. The Morgan fingerprint density at radius 3 is 2.52 bits per heavy atom. The monoisotopic (exact) mass is 277 g/mol. The van der Waals surface area contributed by atoms with Gasteiger partial charge in [-0.05, 0) is 47.2 Å². The summed E-state index contributed by atoms with van der Waals surface area (Å²) in [6.07, 6.45) is 8.17. The third-order valence-electron chi connectivity index (χ3n) is 4.22. The van der Waals surface area contributed by atoms with E-state index in [1.54, 1.807) is 0 Å². The van der Waals surface area contributed by atoms with Crippen molar-refractivity contribution < 1.29 is 0 Å².